The van der Waals surface area contributed by atoms with E-state index in [1.54, 1.807) is 0 Å². The minimum Gasteiger partial charge on any atom is -0.354 e. The molecule has 0 saturated carbocycles. The lowest BCUT2D eigenvalue weighted by atomic mass is 10.1. The van der Waals surface area contributed by atoms with Crippen LogP contribution in [0.5, 0.6) is 0 Å². The molecule has 0 atom stereocenters. The Hall–Kier alpha value is -1.13. The molecular formula is C16H28N4. The van der Waals surface area contributed by atoms with Gasteiger partial charge in [0, 0.05) is 51.0 Å². The summed E-state index contributed by atoms with van der Waals surface area (Å²) in [7, 11) is 0. The van der Waals surface area contributed by atoms with Gasteiger partial charge in [0.1, 0.15) is 5.82 Å². The number of aromatic nitrogens is 1. The number of rotatable bonds is 6. The second kappa shape index (κ2) is 7.60. The highest BCUT2D eigenvalue weighted by molar-refractivity contribution is 5.47. The van der Waals surface area contributed by atoms with Crippen LogP contribution in [0, 0.1) is 5.92 Å². The average molecular weight is 276 g/mol. The fourth-order valence-electron chi connectivity index (χ4n) is 2.77. The Morgan fingerprint density at radius 3 is 2.65 bits per heavy atom. The molecule has 0 radical (unpaired) electrons. The molecule has 20 heavy (non-hydrogen) atoms. The number of nitrogens with zero attached hydrogens (tertiary/aromatic N) is 3. The molecule has 4 nitrogen and oxygen atoms in total. The van der Waals surface area contributed by atoms with Gasteiger partial charge in [0.05, 0.1) is 0 Å². The summed E-state index contributed by atoms with van der Waals surface area (Å²) >= 11 is 0. The molecule has 1 saturated heterocycles. The van der Waals surface area contributed by atoms with Crippen LogP contribution in [0.4, 0.5) is 5.82 Å². The predicted octanol–water partition coefficient (Wildman–Crippen LogP) is 1.97. The van der Waals surface area contributed by atoms with E-state index in [2.05, 4.69) is 46.9 Å². The van der Waals surface area contributed by atoms with E-state index < -0.39 is 0 Å². The molecule has 0 aromatic carbocycles. The highest BCUT2D eigenvalue weighted by Crippen LogP contribution is 2.19. The third-order valence-corrected chi connectivity index (χ3v) is 3.73. The van der Waals surface area contributed by atoms with Crippen molar-refractivity contribution in [2.24, 2.45) is 5.92 Å². The molecule has 1 aliphatic heterocycles. The van der Waals surface area contributed by atoms with Gasteiger partial charge < -0.3 is 10.2 Å². The molecule has 2 heterocycles. The van der Waals surface area contributed by atoms with Gasteiger partial charge in [-0.15, -0.1) is 0 Å². The Morgan fingerprint density at radius 2 is 2.00 bits per heavy atom. The molecule has 1 aromatic heterocycles. The van der Waals surface area contributed by atoms with Gasteiger partial charge in [0.15, 0.2) is 0 Å². The zero-order valence-corrected chi connectivity index (χ0v) is 13.1. The number of anilines is 1. The number of hydrogen-bond donors (Lipinski definition) is 1. The maximum absolute atomic E-state index is 4.61. The standard InChI is InChI=1S/C16H28N4/c1-4-17-12-15-6-5-7-18-16(15)20-10-8-19(9-11-20)13-14(2)3/h5-7,14,17H,4,8-13H2,1-3H3. The second-order valence-corrected chi connectivity index (χ2v) is 5.95. The zero-order chi connectivity index (χ0) is 14.4. The Kier molecular flexibility index (Phi) is 5.80. The molecule has 1 fully saturated rings. The molecule has 2 rings (SSSR count). The normalized spacial score (nSPS) is 16.9. The van der Waals surface area contributed by atoms with Gasteiger partial charge in [-0.1, -0.05) is 26.8 Å². The lowest BCUT2D eigenvalue weighted by Gasteiger charge is -2.36. The van der Waals surface area contributed by atoms with Crippen molar-refractivity contribution in [1.29, 1.82) is 0 Å². The summed E-state index contributed by atoms with van der Waals surface area (Å²) in [5, 5.41) is 3.40. The van der Waals surface area contributed by atoms with E-state index in [4.69, 9.17) is 0 Å². The topological polar surface area (TPSA) is 31.4 Å². The minimum atomic E-state index is 0.751. The van der Waals surface area contributed by atoms with Crippen LogP contribution in [0.2, 0.25) is 0 Å². The van der Waals surface area contributed by atoms with Crippen molar-refractivity contribution in [2.45, 2.75) is 27.3 Å². The van der Waals surface area contributed by atoms with Gasteiger partial charge >= 0.3 is 0 Å². The molecule has 0 bridgehead atoms. The Labute approximate surface area is 123 Å². The van der Waals surface area contributed by atoms with Crippen LogP contribution in [-0.4, -0.2) is 49.2 Å². The van der Waals surface area contributed by atoms with Gasteiger partial charge in [-0.05, 0) is 18.5 Å². The summed E-state index contributed by atoms with van der Waals surface area (Å²) in [4.78, 5) is 9.61. The third-order valence-electron chi connectivity index (χ3n) is 3.73. The highest BCUT2D eigenvalue weighted by atomic mass is 15.3. The van der Waals surface area contributed by atoms with Crippen LogP contribution in [0.25, 0.3) is 0 Å². The van der Waals surface area contributed by atoms with Crippen molar-refractivity contribution in [1.82, 2.24) is 15.2 Å². The molecule has 4 heteroatoms. The molecular weight excluding hydrogens is 248 g/mol. The number of piperazine rings is 1. The van der Waals surface area contributed by atoms with Crippen molar-refractivity contribution < 1.29 is 0 Å². The van der Waals surface area contributed by atoms with Crippen LogP contribution in [0.3, 0.4) is 0 Å². The third kappa shape index (κ3) is 4.18. The highest BCUT2D eigenvalue weighted by Gasteiger charge is 2.20. The fourth-order valence-corrected chi connectivity index (χ4v) is 2.77. The van der Waals surface area contributed by atoms with Gasteiger partial charge in [-0.2, -0.15) is 0 Å². The second-order valence-electron chi connectivity index (χ2n) is 5.95. The predicted molar refractivity (Wildman–Crippen MR) is 85.1 cm³/mol. The van der Waals surface area contributed by atoms with E-state index in [0.717, 1.165) is 51.0 Å². The summed E-state index contributed by atoms with van der Waals surface area (Å²) in [6.45, 7) is 14.3. The molecule has 0 amide bonds. The van der Waals surface area contributed by atoms with Crippen LogP contribution >= 0.6 is 0 Å². The maximum Gasteiger partial charge on any atom is 0.133 e. The number of pyridine rings is 1. The Morgan fingerprint density at radius 1 is 1.25 bits per heavy atom. The minimum absolute atomic E-state index is 0.751. The molecule has 0 spiro atoms. The SMILES string of the molecule is CCNCc1cccnc1N1CCN(CC(C)C)CC1. The van der Waals surface area contributed by atoms with Crippen LogP contribution in [0.1, 0.15) is 26.3 Å². The smallest absolute Gasteiger partial charge is 0.133 e. The van der Waals surface area contributed by atoms with Gasteiger partial charge in [-0.25, -0.2) is 4.98 Å². The van der Waals surface area contributed by atoms with Crippen molar-refractivity contribution >= 4 is 5.82 Å². The van der Waals surface area contributed by atoms with Gasteiger partial charge in [0.25, 0.3) is 0 Å². The molecule has 1 aromatic rings. The van der Waals surface area contributed by atoms with E-state index in [1.807, 2.05) is 12.3 Å². The van der Waals surface area contributed by atoms with Crippen molar-refractivity contribution in [2.75, 3.05) is 44.2 Å². The summed E-state index contributed by atoms with van der Waals surface area (Å²) in [5.41, 5.74) is 1.31. The van der Waals surface area contributed by atoms with E-state index in [9.17, 15) is 0 Å². The summed E-state index contributed by atoms with van der Waals surface area (Å²) < 4.78 is 0. The molecule has 1 N–H and O–H groups in total. The van der Waals surface area contributed by atoms with E-state index in [-0.39, 0.29) is 0 Å². The molecule has 112 valence electrons. The summed E-state index contributed by atoms with van der Waals surface area (Å²) in [5.74, 6) is 1.92. The largest absolute Gasteiger partial charge is 0.354 e. The quantitative estimate of drug-likeness (QED) is 0.861. The summed E-state index contributed by atoms with van der Waals surface area (Å²) in [6, 6.07) is 4.22. The molecule has 0 aliphatic carbocycles. The van der Waals surface area contributed by atoms with Crippen molar-refractivity contribution in [3.05, 3.63) is 23.9 Å². The van der Waals surface area contributed by atoms with E-state index in [1.165, 1.54) is 12.1 Å². The monoisotopic (exact) mass is 276 g/mol. The molecule has 1 aliphatic rings. The van der Waals surface area contributed by atoms with Gasteiger partial charge in [0.2, 0.25) is 0 Å². The van der Waals surface area contributed by atoms with E-state index in [0.29, 0.717) is 0 Å². The lowest BCUT2D eigenvalue weighted by Crippen LogP contribution is -2.48. The first-order chi connectivity index (χ1) is 9.70. The lowest BCUT2D eigenvalue weighted by molar-refractivity contribution is 0.230. The van der Waals surface area contributed by atoms with Crippen LogP contribution in [0.15, 0.2) is 18.3 Å². The van der Waals surface area contributed by atoms with Crippen LogP contribution < -0.4 is 10.2 Å². The number of hydrogen-bond acceptors (Lipinski definition) is 4. The molecule has 0 unspecified atom stereocenters. The van der Waals surface area contributed by atoms with Gasteiger partial charge in [-0.3, -0.25) is 4.90 Å². The van der Waals surface area contributed by atoms with Crippen molar-refractivity contribution in [3.8, 4) is 0 Å². The summed E-state index contributed by atoms with van der Waals surface area (Å²) in [6.07, 6.45) is 1.91. The van der Waals surface area contributed by atoms with Crippen molar-refractivity contribution in [3.63, 3.8) is 0 Å². The first-order valence-corrected chi connectivity index (χ1v) is 7.82. The Bertz CT molecular complexity index is 397. The maximum atomic E-state index is 4.61. The first-order valence-electron chi connectivity index (χ1n) is 7.82. The Balaban J connectivity index is 1.96. The number of nitrogens with one attached hydrogen (secondary N) is 1. The zero-order valence-electron chi connectivity index (χ0n) is 13.1. The van der Waals surface area contributed by atoms with Crippen LogP contribution in [-0.2, 0) is 6.54 Å². The first kappa shape index (κ1) is 15.3. The fraction of sp³-hybridized carbons (Fsp3) is 0.688. The average Bonchev–Trinajstić information content (AvgIpc) is 2.46. The van der Waals surface area contributed by atoms with E-state index >= 15 is 0 Å².